The van der Waals surface area contributed by atoms with Crippen LogP contribution in [0.3, 0.4) is 0 Å². The zero-order valence-electron chi connectivity index (χ0n) is 21.8. The Morgan fingerprint density at radius 3 is 1.97 bits per heavy atom. The van der Waals surface area contributed by atoms with E-state index >= 15 is 0 Å². The molecule has 38 heavy (non-hydrogen) atoms. The number of nitrogens with one attached hydrogen (secondary N) is 1. The first-order chi connectivity index (χ1) is 18.1. The van der Waals surface area contributed by atoms with Crippen LogP contribution < -0.4 is 14.8 Å². The summed E-state index contributed by atoms with van der Waals surface area (Å²) in [5.41, 5.74) is 0.837. The van der Waals surface area contributed by atoms with Crippen molar-refractivity contribution in [1.82, 2.24) is 5.32 Å². The number of esters is 3. The average molecular weight is 530 g/mol. The molecule has 0 bridgehead atoms. The van der Waals surface area contributed by atoms with Gasteiger partial charge in [-0.3, -0.25) is 19.2 Å². The van der Waals surface area contributed by atoms with Crippen LogP contribution in [0.2, 0.25) is 0 Å². The van der Waals surface area contributed by atoms with E-state index in [0.29, 0.717) is 22.6 Å². The molecule has 0 saturated carbocycles. The zero-order chi connectivity index (χ0) is 27.8. The Morgan fingerprint density at radius 2 is 1.39 bits per heavy atom. The Bertz CT molecular complexity index is 1150. The number of amides is 1. The summed E-state index contributed by atoms with van der Waals surface area (Å²) in [5, 5.41) is 2.77. The summed E-state index contributed by atoms with van der Waals surface area (Å²) < 4.78 is 33.9. The van der Waals surface area contributed by atoms with Crippen molar-refractivity contribution >= 4 is 23.8 Å². The third kappa shape index (κ3) is 7.00. The molecule has 11 heteroatoms. The minimum atomic E-state index is -1.27. The molecule has 1 fully saturated rings. The van der Waals surface area contributed by atoms with Crippen molar-refractivity contribution in [2.75, 3.05) is 20.8 Å². The third-order valence-electron chi connectivity index (χ3n) is 5.78. The molecular weight excluding hydrogens is 498 g/mol. The number of hydrogen-bond donors (Lipinski definition) is 1. The van der Waals surface area contributed by atoms with Gasteiger partial charge >= 0.3 is 17.9 Å². The molecule has 0 aliphatic carbocycles. The van der Waals surface area contributed by atoms with E-state index in [9.17, 15) is 19.2 Å². The van der Waals surface area contributed by atoms with Crippen LogP contribution in [-0.2, 0) is 33.3 Å². The van der Waals surface area contributed by atoms with Crippen LogP contribution in [0.1, 0.15) is 42.8 Å². The summed E-state index contributed by atoms with van der Waals surface area (Å²) in [6, 6.07) is 13.5. The van der Waals surface area contributed by atoms with Gasteiger partial charge in [0.2, 0.25) is 0 Å². The number of carbonyl (C=O) groups is 4. The molecule has 1 heterocycles. The first-order valence-corrected chi connectivity index (χ1v) is 11.9. The third-order valence-corrected chi connectivity index (χ3v) is 5.78. The summed E-state index contributed by atoms with van der Waals surface area (Å²) in [7, 11) is 2.94. The first kappa shape index (κ1) is 28.5. The molecule has 1 N–H and O–H groups in total. The maximum Gasteiger partial charge on any atom is 0.303 e. The minimum absolute atomic E-state index is 0.126. The molecule has 0 aromatic heterocycles. The number of rotatable bonds is 9. The zero-order valence-corrected chi connectivity index (χ0v) is 21.8. The van der Waals surface area contributed by atoms with Crippen molar-refractivity contribution < 1.29 is 47.6 Å². The lowest BCUT2D eigenvalue weighted by atomic mass is 9.89. The SMILES string of the molecule is COc1ccc(OC)c([C@@H]2O[C@H](CNC(=O)c3ccccc3)[C@@H](OC(C)=O)[C@H](OC(C)=O)[C@H]2OC(C)=O)c1. The number of benzene rings is 2. The predicted octanol–water partition coefficient (Wildman–Crippen LogP) is 2.37. The topological polar surface area (TPSA) is 136 Å². The Labute approximate surface area is 220 Å². The highest BCUT2D eigenvalue weighted by molar-refractivity contribution is 5.94. The van der Waals surface area contributed by atoms with Crippen molar-refractivity contribution in [3.05, 3.63) is 59.7 Å². The molecule has 0 spiro atoms. The van der Waals surface area contributed by atoms with Gasteiger partial charge in [-0.1, -0.05) is 18.2 Å². The Morgan fingerprint density at radius 1 is 0.789 bits per heavy atom. The molecule has 0 radical (unpaired) electrons. The second-order valence-corrected chi connectivity index (χ2v) is 8.50. The molecule has 5 atom stereocenters. The van der Waals surface area contributed by atoms with Crippen LogP contribution >= 0.6 is 0 Å². The molecule has 1 aliphatic heterocycles. The number of hydrogen-bond acceptors (Lipinski definition) is 10. The Kier molecular flexibility index (Phi) is 9.66. The number of ether oxygens (including phenoxy) is 6. The van der Waals surface area contributed by atoms with E-state index in [2.05, 4.69) is 5.32 Å². The molecule has 1 aliphatic rings. The van der Waals surface area contributed by atoms with Crippen LogP contribution in [0.4, 0.5) is 0 Å². The van der Waals surface area contributed by atoms with Gasteiger partial charge in [-0.05, 0) is 30.3 Å². The lowest BCUT2D eigenvalue weighted by molar-refractivity contribution is -0.247. The normalized spacial score (nSPS) is 22.5. The van der Waals surface area contributed by atoms with E-state index < -0.39 is 54.3 Å². The van der Waals surface area contributed by atoms with Gasteiger partial charge in [-0.15, -0.1) is 0 Å². The average Bonchev–Trinajstić information content (AvgIpc) is 2.89. The number of carbonyl (C=O) groups excluding carboxylic acids is 4. The molecular formula is C27H31NO10. The summed E-state index contributed by atoms with van der Waals surface area (Å²) in [4.78, 5) is 49.1. The highest BCUT2D eigenvalue weighted by atomic mass is 16.6. The van der Waals surface area contributed by atoms with Crippen molar-refractivity contribution in [2.45, 2.75) is 51.3 Å². The largest absolute Gasteiger partial charge is 0.497 e. The fraction of sp³-hybridized carbons (Fsp3) is 0.407. The van der Waals surface area contributed by atoms with Crippen LogP contribution in [0.25, 0.3) is 0 Å². The monoisotopic (exact) mass is 529 g/mol. The van der Waals surface area contributed by atoms with Gasteiger partial charge in [-0.2, -0.15) is 0 Å². The maximum atomic E-state index is 12.8. The van der Waals surface area contributed by atoms with Gasteiger partial charge in [0, 0.05) is 38.4 Å². The smallest absolute Gasteiger partial charge is 0.303 e. The van der Waals surface area contributed by atoms with Crippen LogP contribution in [0.5, 0.6) is 11.5 Å². The first-order valence-electron chi connectivity index (χ1n) is 11.9. The second-order valence-electron chi connectivity index (χ2n) is 8.50. The lowest BCUT2D eigenvalue weighted by Crippen LogP contribution is -2.60. The van der Waals surface area contributed by atoms with Crippen molar-refractivity contribution in [1.29, 1.82) is 0 Å². The Balaban J connectivity index is 2.07. The van der Waals surface area contributed by atoms with Gasteiger partial charge < -0.3 is 33.7 Å². The second kappa shape index (κ2) is 12.9. The van der Waals surface area contributed by atoms with Gasteiger partial charge in [0.15, 0.2) is 18.3 Å². The fourth-order valence-electron chi connectivity index (χ4n) is 4.26. The fourth-order valence-corrected chi connectivity index (χ4v) is 4.26. The van der Waals surface area contributed by atoms with Crippen molar-refractivity contribution in [3.63, 3.8) is 0 Å². The summed E-state index contributed by atoms with van der Waals surface area (Å²) >= 11 is 0. The standard InChI is InChI=1S/C27H31NO10/c1-15(29)35-24-22(14-28-27(32)18-9-7-6-8-10-18)38-23(20-13-19(33-4)11-12-21(20)34-5)25(36-16(2)30)26(24)37-17(3)31/h6-13,22-26H,14H2,1-5H3,(H,28,32)/t22-,23+,24-,25+,26+/m1/s1. The molecule has 1 saturated heterocycles. The van der Waals surface area contributed by atoms with Crippen molar-refractivity contribution in [2.24, 2.45) is 0 Å². The summed E-state index contributed by atoms with van der Waals surface area (Å²) in [6.07, 6.45) is -5.79. The molecule has 0 unspecified atom stereocenters. The molecule has 11 nitrogen and oxygen atoms in total. The molecule has 2 aromatic carbocycles. The lowest BCUT2D eigenvalue weighted by Gasteiger charge is -2.45. The predicted molar refractivity (Wildman–Crippen MR) is 133 cm³/mol. The van der Waals surface area contributed by atoms with Crippen LogP contribution in [0.15, 0.2) is 48.5 Å². The van der Waals surface area contributed by atoms with E-state index in [4.69, 9.17) is 28.4 Å². The maximum absolute atomic E-state index is 12.8. The summed E-state index contributed by atoms with van der Waals surface area (Å²) in [5.74, 6) is -1.61. The van der Waals surface area contributed by atoms with E-state index in [1.165, 1.54) is 35.0 Å². The Hall–Kier alpha value is -4.12. The molecule has 2 aromatic rings. The quantitative estimate of drug-likeness (QED) is 0.381. The highest BCUT2D eigenvalue weighted by Crippen LogP contribution is 2.41. The minimum Gasteiger partial charge on any atom is -0.497 e. The van der Waals surface area contributed by atoms with Gasteiger partial charge in [-0.25, -0.2) is 0 Å². The highest BCUT2D eigenvalue weighted by Gasteiger charge is 2.52. The van der Waals surface area contributed by atoms with E-state index in [1.54, 1.807) is 48.5 Å². The van der Waals surface area contributed by atoms with Crippen LogP contribution in [-0.4, -0.2) is 69.0 Å². The molecule has 1 amide bonds. The van der Waals surface area contributed by atoms with Gasteiger partial charge in [0.05, 0.1) is 14.2 Å². The van der Waals surface area contributed by atoms with E-state index in [0.717, 1.165) is 0 Å². The van der Waals surface area contributed by atoms with Crippen molar-refractivity contribution in [3.8, 4) is 11.5 Å². The molecule has 204 valence electrons. The van der Waals surface area contributed by atoms with Gasteiger partial charge in [0.25, 0.3) is 5.91 Å². The molecule has 3 rings (SSSR count). The van der Waals surface area contributed by atoms with E-state index in [-0.39, 0.29) is 6.54 Å². The van der Waals surface area contributed by atoms with Crippen LogP contribution in [0, 0.1) is 0 Å². The number of methoxy groups -OCH3 is 2. The summed E-state index contributed by atoms with van der Waals surface area (Å²) in [6.45, 7) is 3.43. The van der Waals surface area contributed by atoms with Gasteiger partial charge in [0.1, 0.15) is 23.7 Å². The van der Waals surface area contributed by atoms with E-state index in [1.807, 2.05) is 0 Å².